The molecule has 0 amide bonds. The molecule has 0 bridgehead atoms. The highest BCUT2D eigenvalue weighted by Gasteiger charge is 2.18. The highest BCUT2D eigenvalue weighted by molar-refractivity contribution is 6.25. The summed E-state index contributed by atoms with van der Waals surface area (Å²) in [7, 11) is 0. The van der Waals surface area contributed by atoms with Crippen LogP contribution in [0.2, 0.25) is 0 Å². The molecule has 0 spiro atoms. The predicted molar refractivity (Wildman–Crippen MR) is 54.8 cm³/mol. The molecular weight excluding hydrogens is 188 g/mol. The van der Waals surface area contributed by atoms with E-state index in [2.05, 4.69) is 4.90 Å². The number of rotatable bonds is 3. The van der Waals surface area contributed by atoms with Crippen LogP contribution in [0.5, 0.6) is 0 Å². The van der Waals surface area contributed by atoms with E-state index < -0.39 is 0 Å². The zero-order chi connectivity index (χ0) is 9.68. The van der Waals surface area contributed by atoms with Crippen molar-refractivity contribution >= 4 is 11.6 Å². The zero-order valence-electron chi connectivity index (χ0n) is 8.00. The van der Waals surface area contributed by atoms with Gasteiger partial charge in [0.15, 0.2) is 0 Å². The Morgan fingerprint density at radius 1 is 1.77 bits per heavy atom. The number of hydrogen-bond donors (Lipinski definition) is 1. The van der Waals surface area contributed by atoms with Crippen LogP contribution < -0.4 is 5.73 Å². The molecule has 1 unspecified atom stereocenters. The summed E-state index contributed by atoms with van der Waals surface area (Å²) in [5.74, 6) is 0. The van der Waals surface area contributed by atoms with Crippen molar-refractivity contribution in [3.05, 3.63) is 11.1 Å². The summed E-state index contributed by atoms with van der Waals surface area (Å²) in [5, 5.41) is 0. The van der Waals surface area contributed by atoms with Crippen LogP contribution in [0, 0.1) is 0 Å². The molecule has 1 saturated heterocycles. The van der Waals surface area contributed by atoms with E-state index in [1.54, 1.807) is 5.54 Å². The van der Waals surface area contributed by atoms with Crippen molar-refractivity contribution in [3.8, 4) is 0 Å². The summed E-state index contributed by atoms with van der Waals surface area (Å²) < 4.78 is 5.45. The van der Waals surface area contributed by atoms with Gasteiger partial charge < -0.3 is 10.5 Å². The van der Waals surface area contributed by atoms with Gasteiger partial charge in [0.2, 0.25) is 0 Å². The van der Waals surface area contributed by atoms with Gasteiger partial charge in [0.25, 0.3) is 0 Å². The van der Waals surface area contributed by atoms with Crippen LogP contribution in [-0.2, 0) is 4.74 Å². The molecule has 4 heteroatoms. The Balaban J connectivity index is 2.34. The molecule has 0 aromatic rings. The Morgan fingerprint density at radius 2 is 2.54 bits per heavy atom. The van der Waals surface area contributed by atoms with E-state index in [0.717, 1.165) is 26.2 Å². The minimum atomic E-state index is 0.192. The van der Waals surface area contributed by atoms with Crippen LogP contribution >= 0.6 is 11.6 Å². The van der Waals surface area contributed by atoms with E-state index in [4.69, 9.17) is 22.1 Å². The van der Waals surface area contributed by atoms with Crippen LogP contribution in [0.1, 0.15) is 6.92 Å². The van der Waals surface area contributed by atoms with Gasteiger partial charge in [0.1, 0.15) is 0 Å². The predicted octanol–water partition coefficient (Wildman–Crippen LogP) is 0.789. The van der Waals surface area contributed by atoms with Gasteiger partial charge in [-0.05, 0) is 12.5 Å². The zero-order valence-corrected chi connectivity index (χ0v) is 8.76. The van der Waals surface area contributed by atoms with E-state index in [-0.39, 0.29) is 6.10 Å². The fraction of sp³-hybridized carbons (Fsp3) is 0.778. The second kappa shape index (κ2) is 5.60. The van der Waals surface area contributed by atoms with E-state index in [0.29, 0.717) is 6.54 Å². The Labute approximate surface area is 84.5 Å². The van der Waals surface area contributed by atoms with Crippen molar-refractivity contribution in [2.75, 3.05) is 32.8 Å². The molecule has 0 aliphatic carbocycles. The van der Waals surface area contributed by atoms with E-state index in [9.17, 15) is 0 Å². The van der Waals surface area contributed by atoms with Gasteiger partial charge in [-0.3, -0.25) is 4.90 Å². The van der Waals surface area contributed by atoms with Crippen molar-refractivity contribution in [2.45, 2.75) is 13.0 Å². The fourth-order valence-corrected chi connectivity index (χ4v) is 1.52. The SMILES string of the molecule is CC(=CCl)CN1CCOC(CN)C1. The van der Waals surface area contributed by atoms with Gasteiger partial charge in [-0.25, -0.2) is 0 Å². The number of ether oxygens (including phenoxy) is 1. The summed E-state index contributed by atoms with van der Waals surface area (Å²) >= 11 is 5.60. The number of halogens is 1. The Kier molecular flexibility index (Phi) is 4.73. The Bertz CT molecular complexity index is 184. The highest BCUT2D eigenvalue weighted by Crippen LogP contribution is 2.07. The fourth-order valence-electron chi connectivity index (χ4n) is 1.45. The first-order valence-corrected chi connectivity index (χ1v) is 4.99. The van der Waals surface area contributed by atoms with Gasteiger partial charge in [0.05, 0.1) is 12.7 Å². The largest absolute Gasteiger partial charge is 0.374 e. The van der Waals surface area contributed by atoms with Crippen molar-refractivity contribution in [1.82, 2.24) is 4.90 Å². The molecule has 1 fully saturated rings. The highest BCUT2D eigenvalue weighted by atomic mass is 35.5. The lowest BCUT2D eigenvalue weighted by Crippen LogP contribution is -2.46. The van der Waals surface area contributed by atoms with Crippen molar-refractivity contribution < 1.29 is 4.74 Å². The van der Waals surface area contributed by atoms with Crippen molar-refractivity contribution in [1.29, 1.82) is 0 Å². The molecule has 3 nitrogen and oxygen atoms in total. The van der Waals surface area contributed by atoms with Crippen LogP contribution in [0.15, 0.2) is 11.1 Å². The van der Waals surface area contributed by atoms with Crippen LogP contribution in [0.25, 0.3) is 0 Å². The molecule has 13 heavy (non-hydrogen) atoms. The maximum atomic E-state index is 5.60. The quantitative estimate of drug-likeness (QED) is 0.739. The molecule has 0 saturated carbocycles. The normalized spacial score (nSPS) is 26.4. The van der Waals surface area contributed by atoms with Crippen LogP contribution in [-0.4, -0.2) is 43.8 Å². The number of nitrogens with two attached hydrogens (primary N) is 1. The number of morpholine rings is 1. The van der Waals surface area contributed by atoms with Gasteiger partial charge >= 0.3 is 0 Å². The average molecular weight is 205 g/mol. The third kappa shape index (κ3) is 3.65. The first-order valence-electron chi connectivity index (χ1n) is 4.56. The lowest BCUT2D eigenvalue weighted by atomic mass is 10.2. The lowest BCUT2D eigenvalue weighted by molar-refractivity contribution is -0.0198. The maximum Gasteiger partial charge on any atom is 0.0824 e. The molecule has 76 valence electrons. The molecule has 2 N–H and O–H groups in total. The van der Waals surface area contributed by atoms with Gasteiger partial charge in [-0.15, -0.1) is 0 Å². The monoisotopic (exact) mass is 204 g/mol. The van der Waals surface area contributed by atoms with Gasteiger partial charge in [0, 0.05) is 31.7 Å². The molecule has 1 aliphatic heterocycles. The second-order valence-electron chi connectivity index (χ2n) is 3.42. The third-order valence-corrected chi connectivity index (χ3v) is 2.52. The summed E-state index contributed by atoms with van der Waals surface area (Å²) in [6.45, 7) is 6.21. The molecule has 0 radical (unpaired) electrons. The Morgan fingerprint density at radius 3 is 3.15 bits per heavy atom. The molecule has 1 heterocycles. The molecule has 1 rings (SSSR count). The minimum absolute atomic E-state index is 0.192. The van der Waals surface area contributed by atoms with E-state index in [1.165, 1.54) is 5.57 Å². The van der Waals surface area contributed by atoms with E-state index in [1.807, 2.05) is 6.92 Å². The summed E-state index contributed by atoms with van der Waals surface area (Å²) in [5.41, 5.74) is 8.35. The van der Waals surface area contributed by atoms with Crippen molar-refractivity contribution in [3.63, 3.8) is 0 Å². The lowest BCUT2D eigenvalue weighted by Gasteiger charge is -2.32. The van der Waals surface area contributed by atoms with Crippen LogP contribution in [0.4, 0.5) is 0 Å². The molecule has 1 atom stereocenters. The first-order chi connectivity index (χ1) is 6.26. The molecule has 0 aromatic heterocycles. The standard InChI is InChI=1S/C9H17ClN2O/c1-8(4-10)6-12-2-3-13-9(5-11)7-12/h4,9H,2-3,5-7,11H2,1H3. The summed E-state index contributed by atoms with van der Waals surface area (Å²) in [6, 6.07) is 0. The summed E-state index contributed by atoms with van der Waals surface area (Å²) in [4.78, 5) is 2.31. The Hall–Kier alpha value is -0.0900. The van der Waals surface area contributed by atoms with Gasteiger partial charge in [-0.2, -0.15) is 0 Å². The first kappa shape index (κ1) is 11.0. The van der Waals surface area contributed by atoms with Crippen LogP contribution in [0.3, 0.4) is 0 Å². The molecule has 0 aromatic carbocycles. The van der Waals surface area contributed by atoms with E-state index >= 15 is 0 Å². The summed E-state index contributed by atoms with van der Waals surface area (Å²) in [6.07, 6.45) is 0.192. The minimum Gasteiger partial charge on any atom is -0.374 e. The third-order valence-electron chi connectivity index (χ3n) is 2.15. The van der Waals surface area contributed by atoms with Crippen molar-refractivity contribution in [2.24, 2.45) is 5.73 Å². The maximum absolute atomic E-state index is 5.60. The number of hydrogen-bond acceptors (Lipinski definition) is 3. The average Bonchev–Trinajstić information content (AvgIpc) is 2.18. The number of nitrogens with zero attached hydrogens (tertiary/aromatic N) is 1. The molecule has 1 aliphatic rings. The second-order valence-corrected chi connectivity index (χ2v) is 3.64. The smallest absolute Gasteiger partial charge is 0.0824 e. The van der Waals surface area contributed by atoms with Gasteiger partial charge in [-0.1, -0.05) is 11.6 Å². The molecular formula is C9H17ClN2O. The topological polar surface area (TPSA) is 38.5 Å².